The molecule has 2 atom stereocenters. The Labute approximate surface area is 224 Å². The second-order valence-electron chi connectivity index (χ2n) is 10.1. The van der Waals surface area contributed by atoms with Crippen LogP contribution in [0.25, 0.3) is 22.3 Å². The van der Waals surface area contributed by atoms with Crippen LogP contribution in [-0.4, -0.2) is 78.1 Å². The van der Waals surface area contributed by atoms with Gasteiger partial charge in [0.25, 0.3) is 0 Å². The van der Waals surface area contributed by atoms with E-state index in [4.69, 9.17) is 14.5 Å². The first-order valence-corrected chi connectivity index (χ1v) is 13.1. The molecular formula is C29H37N7O2. The van der Waals surface area contributed by atoms with Crippen LogP contribution < -0.4 is 19.7 Å². The van der Waals surface area contributed by atoms with Crippen molar-refractivity contribution in [2.24, 2.45) is 13.0 Å². The number of rotatable bonds is 10. The molecule has 1 aliphatic heterocycles. The van der Waals surface area contributed by atoms with Crippen LogP contribution in [0.15, 0.2) is 55.0 Å². The molecule has 1 saturated heterocycles. The predicted molar refractivity (Wildman–Crippen MR) is 151 cm³/mol. The minimum absolute atomic E-state index is 0.543. The zero-order valence-corrected chi connectivity index (χ0v) is 22.9. The summed E-state index contributed by atoms with van der Waals surface area (Å²) in [5.41, 5.74) is 5.49. The third-order valence-corrected chi connectivity index (χ3v) is 7.27. The quantitative estimate of drug-likeness (QED) is 0.338. The Morgan fingerprint density at radius 2 is 1.82 bits per heavy atom. The minimum Gasteiger partial charge on any atom is -0.497 e. The van der Waals surface area contributed by atoms with Crippen molar-refractivity contribution in [2.75, 3.05) is 52.3 Å². The van der Waals surface area contributed by atoms with Gasteiger partial charge < -0.3 is 19.7 Å². The smallest absolute Gasteiger partial charge is 0.124 e. The lowest BCUT2D eigenvalue weighted by molar-refractivity contribution is 0.254. The SMILES string of the molecule is CNC[C@@H]1CC(C)CN1CCN(c1cc(OC)cc(OC)c1)c1ccc2ncc(-c3cnn(C)c3)nc2c1. The Bertz CT molecular complexity index is 1370. The topological polar surface area (TPSA) is 80.6 Å². The normalized spacial score (nSPS) is 17.7. The van der Waals surface area contributed by atoms with E-state index >= 15 is 0 Å². The van der Waals surface area contributed by atoms with E-state index in [1.807, 2.05) is 38.6 Å². The number of nitrogens with zero attached hydrogens (tertiary/aromatic N) is 6. The molecule has 0 saturated carbocycles. The molecular weight excluding hydrogens is 478 g/mol. The van der Waals surface area contributed by atoms with Crippen molar-refractivity contribution in [3.05, 3.63) is 55.0 Å². The largest absolute Gasteiger partial charge is 0.497 e. The predicted octanol–water partition coefficient (Wildman–Crippen LogP) is 4.12. The van der Waals surface area contributed by atoms with Crippen molar-refractivity contribution in [3.63, 3.8) is 0 Å². The van der Waals surface area contributed by atoms with Crippen molar-refractivity contribution < 1.29 is 9.47 Å². The molecule has 3 heterocycles. The Morgan fingerprint density at radius 1 is 1.03 bits per heavy atom. The van der Waals surface area contributed by atoms with Crippen molar-refractivity contribution in [2.45, 2.75) is 19.4 Å². The van der Waals surface area contributed by atoms with Gasteiger partial charge in [-0.1, -0.05) is 6.92 Å². The van der Waals surface area contributed by atoms with Gasteiger partial charge in [0.15, 0.2) is 0 Å². The van der Waals surface area contributed by atoms with Crippen molar-refractivity contribution >= 4 is 22.4 Å². The van der Waals surface area contributed by atoms with Crippen LogP contribution in [0.1, 0.15) is 13.3 Å². The molecule has 1 fully saturated rings. The number of fused-ring (bicyclic) bond motifs is 1. The van der Waals surface area contributed by atoms with E-state index in [0.29, 0.717) is 12.0 Å². The number of hydrogen-bond acceptors (Lipinski definition) is 8. The second-order valence-corrected chi connectivity index (χ2v) is 10.1. The average molecular weight is 516 g/mol. The van der Waals surface area contributed by atoms with Gasteiger partial charge >= 0.3 is 0 Å². The highest BCUT2D eigenvalue weighted by atomic mass is 16.5. The number of nitrogens with one attached hydrogen (secondary N) is 1. The van der Waals surface area contributed by atoms with E-state index in [0.717, 1.165) is 71.3 Å². The zero-order valence-electron chi connectivity index (χ0n) is 22.9. The maximum Gasteiger partial charge on any atom is 0.124 e. The summed E-state index contributed by atoms with van der Waals surface area (Å²) in [6.45, 7) is 6.20. The lowest BCUT2D eigenvalue weighted by atomic mass is 10.1. The summed E-state index contributed by atoms with van der Waals surface area (Å²) < 4.78 is 13.0. The van der Waals surface area contributed by atoms with E-state index in [1.54, 1.807) is 25.1 Å². The molecule has 2 aromatic heterocycles. The van der Waals surface area contributed by atoms with Gasteiger partial charge in [-0.2, -0.15) is 5.10 Å². The molecule has 0 bridgehead atoms. The third-order valence-electron chi connectivity index (χ3n) is 7.27. The molecule has 200 valence electrons. The fourth-order valence-corrected chi connectivity index (χ4v) is 5.40. The van der Waals surface area contributed by atoms with E-state index < -0.39 is 0 Å². The molecule has 1 N–H and O–H groups in total. The molecule has 4 aromatic rings. The van der Waals surface area contributed by atoms with Crippen LogP contribution in [0.3, 0.4) is 0 Å². The van der Waals surface area contributed by atoms with E-state index in [2.05, 4.69) is 56.4 Å². The van der Waals surface area contributed by atoms with E-state index in [1.165, 1.54) is 6.42 Å². The highest BCUT2D eigenvalue weighted by molar-refractivity contribution is 5.82. The fourth-order valence-electron chi connectivity index (χ4n) is 5.40. The maximum atomic E-state index is 5.61. The van der Waals surface area contributed by atoms with Gasteiger partial charge in [-0.3, -0.25) is 14.6 Å². The zero-order chi connectivity index (χ0) is 26.6. The van der Waals surface area contributed by atoms with Gasteiger partial charge in [0.1, 0.15) is 11.5 Å². The highest BCUT2D eigenvalue weighted by Crippen LogP contribution is 2.34. The summed E-state index contributed by atoms with van der Waals surface area (Å²) in [6, 6.07) is 12.8. The first kappa shape index (κ1) is 25.9. The number of likely N-dealkylation sites (N-methyl/N-ethyl adjacent to an activating group) is 1. The monoisotopic (exact) mass is 515 g/mol. The highest BCUT2D eigenvalue weighted by Gasteiger charge is 2.29. The molecule has 9 nitrogen and oxygen atoms in total. The summed E-state index contributed by atoms with van der Waals surface area (Å²) in [5, 5.41) is 7.66. The summed E-state index contributed by atoms with van der Waals surface area (Å²) in [7, 11) is 7.30. The number of likely N-dealkylation sites (tertiary alicyclic amines) is 1. The molecule has 2 aromatic carbocycles. The lowest BCUT2D eigenvalue weighted by Gasteiger charge is -2.31. The number of aromatic nitrogens is 4. The number of hydrogen-bond donors (Lipinski definition) is 1. The van der Waals surface area contributed by atoms with E-state index in [9.17, 15) is 0 Å². The number of aryl methyl sites for hydroxylation is 1. The molecule has 0 spiro atoms. The van der Waals surface area contributed by atoms with Crippen LogP contribution in [0.4, 0.5) is 11.4 Å². The Balaban J connectivity index is 1.52. The van der Waals surface area contributed by atoms with Crippen molar-refractivity contribution in [3.8, 4) is 22.8 Å². The van der Waals surface area contributed by atoms with E-state index in [-0.39, 0.29) is 0 Å². The summed E-state index contributed by atoms with van der Waals surface area (Å²) >= 11 is 0. The Hall–Kier alpha value is -3.69. The van der Waals surface area contributed by atoms with Gasteiger partial charge in [0.2, 0.25) is 0 Å². The molecule has 9 heteroatoms. The van der Waals surface area contributed by atoms with Gasteiger partial charge in [0, 0.05) is 80.6 Å². The Kier molecular flexibility index (Phi) is 7.76. The second kappa shape index (κ2) is 11.4. The molecule has 38 heavy (non-hydrogen) atoms. The number of ether oxygens (including phenoxy) is 2. The van der Waals surface area contributed by atoms with Gasteiger partial charge in [0.05, 0.1) is 43.3 Å². The molecule has 0 amide bonds. The first-order valence-electron chi connectivity index (χ1n) is 13.1. The van der Waals surface area contributed by atoms with Gasteiger partial charge in [-0.25, -0.2) is 4.98 Å². The van der Waals surface area contributed by atoms with Crippen LogP contribution >= 0.6 is 0 Å². The van der Waals surface area contributed by atoms with Crippen LogP contribution in [0.2, 0.25) is 0 Å². The van der Waals surface area contributed by atoms with Gasteiger partial charge in [-0.15, -0.1) is 0 Å². The molecule has 1 aliphatic rings. The standard InChI is InChI=1S/C29H37N7O2/c1-20-10-24(16-30-2)35(18-20)8-9-36(23-11-25(37-4)14-26(12-23)38-5)22-6-7-27-28(13-22)33-29(17-31-27)21-15-32-34(3)19-21/h6-7,11-15,17,19-20,24,30H,8-10,16,18H2,1-5H3/t20?,24-/m0/s1. The van der Waals surface area contributed by atoms with Crippen LogP contribution in [-0.2, 0) is 7.05 Å². The lowest BCUT2D eigenvalue weighted by Crippen LogP contribution is -2.40. The average Bonchev–Trinajstić information content (AvgIpc) is 3.52. The van der Waals surface area contributed by atoms with Crippen molar-refractivity contribution in [1.82, 2.24) is 30.0 Å². The van der Waals surface area contributed by atoms with Crippen LogP contribution in [0.5, 0.6) is 11.5 Å². The Morgan fingerprint density at radius 3 is 2.50 bits per heavy atom. The molecule has 1 unspecified atom stereocenters. The number of benzene rings is 2. The third kappa shape index (κ3) is 5.58. The first-order chi connectivity index (χ1) is 18.5. The summed E-state index contributed by atoms with van der Waals surface area (Å²) in [6.07, 6.45) is 6.79. The summed E-state index contributed by atoms with van der Waals surface area (Å²) in [4.78, 5) is 14.5. The van der Waals surface area contributed by atoms with Gasteiger partial charge in [-0.05, 0) is 37.6 Å². The maximum absolute atomic E-state index is 5.61. The number of anilines is 2. The van der Waals surface area contributed by atoms with Crippen molar-refractivity contribution in [1.29, 1.82) is 0 Å². The molecule has 0 radical (unpaired) electrons. The minimum atomic E-state index is 0.543. The van der Waals surface area contributed by atoms with Crippen LogP contribution in [0, 0.1) is 5.92 Å². The fraction of sp³-hybridized carbons (Fsp3) is 0.414. The molecule has 0 aliphatic carbocycles. The number of methoxy groups -OCH3 is 2. The molecule has 5 rings (SSSR count). The summed E-state index contributed by atoms with van der Waals surface area (Å²) in [5.74, 6) is 2.21.